The van der Waals surface area contributed by atoms with Gasteiger partial charge in [-0.05, 0) is 31.2 Å². The molecule has 2 N–H and O–H groups in total. The van der Waals surface area contributed by atoms with Crippen LogP contribution in [-0.2, 0) is 6.54 Å². The summed E-state index contributed by atoms with van der Waals surface area (Å²) < 4.78 is 13.9. The van der Waals surface area contributed by atoms with E-state index in [2.05, 4.69) is 56.8 Å². The molecule has 1 unspecified atom stereocenters. The predicted octanol–water partition coefficient (Wildman–Crippen LogP) is 2.10. The molecule has 1 saturated heterocycles. The van der Waals surface area contributed by atoms with E-state index in [1.54, 1.807) is 19.3 Å². The molecular weight excluding hydrogens is 355 g/mol. The number of pyridine rings is 1. The van der Waals surface area contributed by atoms with Crippen LogP contribution in [0.5, 0.6) is 0 Å². The lowest BCUT2D eigenvalue weighted by molar-refractivity contribution is 0.331. The molecular formula is C21H29FN6. The minimum atomic E-state index is -0.271. The molecule has 150 valence electrons. The summed E-state index contributed by atoms with van der Waals surface area (Å²) in [5.74, 6) is 0.936. The van der Waals surface area contributed by atoms with Crippen LogP contribution in [-0.4, -0.2) is 62.2 Å². The number of hydrogen-bond donors (Lipinski definition) is 2. The van der Waals surface area contributed by atoms with Crippen LogP contribution in [0.4, 0.5) is 10.2 Å². The second kappa shape index (κ2) is 10.0. The molecule has 0 saturated carbocycles. The number of guanidine groups is 1. The zero-order valence-electron chi connectivity index (χ0n) is 16.6. The lowest BCUT2D eigenvalue weighted by atomic mass is 10.2. The molecule has 1 aliphatic heterocycles. The molecule has 3 rings (SSSR count). The van der Waals surface area contributed by atoms with Gasteiger partial charge in [-0.2, -0.15) is 0 Å². The van der Waals surface area contributed by atoms with Crippen LogP contribution in [0.25, 0.3) is 0 Å². The highest BCUT2D eigenvalue weighted by molar-refractivity contribution is 5.80. The number of anilines is 1. The molecule has 0 aliphatic carbocycles. The number of likely N-dealkylation sites (N-methyl/N-ethyl adjacent to an activating group) is 1. The Balaban J connectivity index is 1.41. The molecule has 28 heavy (non-hydrogen) atoms. The van der Waals surface area contributed by atoms with E-state index in [0.29, 0.717) is 12.4 Å². The van der Waals surface area contributed by atoms with Crippen molar-refractivity contribution in [1.29, 1.82) is 0 Å². The molecule has 1 atom stereocenters. The Hall–Kier alpha value is -2.67. The van der Waals surface area contributed by atoms with E-state index in [1.165, 1.54) is 11.6 Å². The van der Waals surface area contributed by atoms with Gasteiger partial charge in [0.05, 0.1) is 0 Å². The Kier molecular flexibility index (Phi) is 7.19. The number of benzene rings is 1. The Bertz CT molecular complexity index is 767. The second-order valence-electron chi connectivity index (χ2n) is 7.11. The molecule has 0 amide bonds. The number of hydrogen-bond acceptors (Lipinski definition) is 4. The van der Waals surface area contributed by atoms with Gasteiger partial charge in [-0.1, -0.05) is 30.3 Å². The van der Waals surface area contributed by atoms with Crippen LogP contribution < -0.4 is 15.5 Å². The van der Waals surface area contributed by atoms with E-state index in [1.807, 2.05) is 11.0 Å². The molecule has 2 aromatic rings. The summed E-state index contributed by atoms with van der Waals surface area (Å²) in [6.07, 6.45) is 2.55. The lowest BCUT2D eigenvalue weighted by Crippen LogP contribution is -2.46. The molecule has 7 heteroatoms. The van der Waals surface area contributed by atoms with Gasteiger partial charge >= 0.3 is 0 Å². The van der Waals surface area contributed by atoms with Crippen molar-refractivity contribution in [3.05, 3.63) is 60.0 Å². The molecule has 6 nitrogen and oxygen atoms in total. The first-order chi connectivity index (χ1) is 13.7. The van der Waals surface area contributed by atoms with Crippen molar-refractivity contribution in [1.82, 2.24) is 20.5 Å². The van der Waals surface area contributed by atoms with Gasteiger partial charge in [-0.15, -0.1) is 0 Å². The van der Waals surface area contributed by atoms with E-state index >= 15 is 0 Å². The summed E-state index contributed by atoms with van der Waals surface area (Å²) in [7, 11) is 3.88. The normalized spacial score (nSPS) is 17.2. The number of nitrogens with one attached hydrogen (secondary N) is 2. The molecule has 1 aromatic carbocycles. The van der Waals surface area contributed by atoms with Gasteiger partial charge in [0, 0.05) is 52.0 Å². The van der Waals surface area contributed by atoms with E-state index < -0.39 is 0 Å². The predicted molar refractivity (Wildman–Crippen MR) is 112 cm³/mol. The number of aliphatic imine (C=N–C) groups is 1. The SMILES string of the molecule is CN=C(NCCN(C)Cc1ccccc1)NC1CCN(c2ncccc2F)C1. The molecule has 0 bridgehead atoms. The summed E-state index contributed by atoms with van der Waals surface area (Å²) in [4.78, 5) is 12.7. The summed E-state index contributed by atoms with van der Waals surface area (Å²) in [6.45, 7) is 4.12. The average Bonchev–Trinajstić information content (AvgIpc) is 3.16. The fourth-order valence-electron chi connectivity index (χ4n) is 3.41. The maximum atomic E-state index is 13.9. The fourth-order valence-corrected chi connectivity index (χ4v) is 3.41. The zero-order valence-corrected chi connectivity index (χ0v) is 16.6. The fraction of sp³-hybridized carbons (Fsp3) is 0.429. The van der Waals surface area contributed by atoms with Crippen molar-refractivity contribution in [2.75, 3.05) is 45.2 Å². The minimum absolute atomic E-state index is 0.217. The Morgan fingerprint density at radius 2 is 2.11 bits per heavy atom. The Morgan fingerprint density at radius 3 is 2.86 bits per heavy atom. The minimum Gasteiger partial charge on any atom is -0.355 e. The summed E-state index contributed by atoms with van der Waals surface area (Å²) in [5, 5.41) is 6.80. The molecule has 1 aromatic heterocycles. The monoisotopic (exact) mass is 384 g/mol. The van der Waals surface area contributed by atoms with Gasteiger partial charge < -0.3 is 20.4 Å². The number of aromatic nitrogens is 1. The Morgan fingerprint density at radius 1 is 1.29 bits per heavy atom. The topological polar surface area (TPSA) is 55.8 Å². The third-order valence-electron chi connectivity index (χ3n) is 4.87. The van der Waals surface area contributed by atoms with Gasteiger partial charge in [-0.25, -0.2) is 9.37 Å². The van der Waals surface area contributed by atoms with Crippen LogP contribution in [0, 0.1) is 5.82 Å². The molecule has 2 heterocycles. The van der Waals surface area contributed by atoms with Gasteiger partial charge in [0.2, 0.25) is 0 Å². The summed E-state index contributed by atoms with van der Waals surface area (Å²) >= 11 is 0. The van der Waals surface area contributed by atoms with Gasteiger partial charge in [-0.3, -0.25) is 4.99 Å². The number of rotatable bonds is 7. The van der Waals surface area contributed by atoms with Crippen LogP contribution in [0.15, 0.2) is 53.7 Å². The van der Waals surface area contributed by atoms with Crippen LogP contribution >= 0.6 is 0 Å². The maximum absolute atomic E-state index is 13.9. The summed E-state index contributed by atoms with van der Waals surface area (Å²) in [5.41, 5.74) is 1.31. The highest BCUT2D eigenvalue weighted by Crippen LogP contribution is 2.20. The molecule has 0 spiro atoms. The second-order valence-corrected chi connectivity index (χ2v) is 7.11. The van der Waals surface area contributed by atoms with Crippen molar-refractivity contribution in [3.8, 4) is 0 Å². The molecule has 1 fully saturated rings. The number of halogens is 1. The standard InChI is InChI=1S/C21H29FN6/c1-23-21(25-12-14-27(2)15-17-7-4-3-5-8-17)26-18-10-13-28(16-18)20-19(22)9-6-11-24-20/h3-9,11,18H,10,12-16H2,1-2H3,(H2,23,25,26). The summed E-state index contributed by atoms with van der Waals surface area (Å²) in [6, 6.07) is 13.7. The smallest absolute Gasteiger partial charge is 0.191 e. The van der Waals surface area contributed by atoms with Crippen molar-refractivity contribution in [3.63, 3.8) is 0 Å². The third-order valence-corrected chi connectivity index (χ3v) is 4.87. The molecule has 0 radical (unpaired) electrons. The lowest BCUT2D eigenvalue weighted by Gasteiger charge is -2.21. The first kappa shape index (κ1) is 20.1. The quantitative estimate of drug-likeness (QED) is 0.566. The van der Waals surface area contributed by atoms with Gasteiger partial charge in [0.25, 0.3) is 0 Å². The average molecular weight is 385 g/mol. The van der Waals surface area contributed by atoms with E-state index in [4.69, 9.17) is 0 Å². The maximum Gasteiger partial charge on any atom is 0.191 e. The van der Waals surface area contributed by atoms with E-state index in [-0.39, 0.29) is 11.9 Å². The largest absolute Gasteiger partial charge is 0.355 e. The van der Waals surface area contributed by atoms with Crippen LogP contribution in [0.1, 0.15) is 12.0 Å². The van der Waals surface area contributed by atoms with Crippen LogP contribution in [0.3, 0.4) is 0 Å². The van der Waals surface area contributed by atoms with Crippen molar-refractivity contribution >= 4 is 11.8 Å². The van der Waals surface area contributed by atoms with Gasteiger partial charge in [0.15, 0.2) is 17.6 Å². The van der Waals surface area contributed by atoms with Crippen molar-refractivity contribution in [2.24, 2.45) is 4.99 Å². The van der Waals surface area contributed by atoms with Crippen LogP contribution in [0.2, 0.25) is 0 Å². The van der Waals surface area contributed by atoms with E-state index in [9.17, 15) is 4.39 Å². The Labute approximate surface area is 166 Å². The zero-order chi connectivity index (χ0) is 19.8. The number of nitrogens with zero attached hydrogens (tertiary/aromatic N) is 4. The van der Waals surface area contributed by atoms with Crippen molar-refractivity contribution < 1.29 is 4.39 Å². The van der Waals surface area contributed by atoms with Crippen molar-refractivity contribution in [2.45, 2.75) is 19.0 Å². The highest BCUT2D eigenvalue weighted by atomic mass is 19.1. The van der Waals surface area contributed by atoms with Gasteiger partial charge in [0.1, 0.15) is 0 Å². The first-order valence-electron chi connectivity index (χ1n) is 9.71. The van der Waals surface area contributed by atoms with E-state index in [0.717, 1.165) is 38.6 Å². The highest BCUT2D eigenvalue weighted by Gasteiger charge is 2.25. The third kappa shape index (κ3) is 5.66. The molecule has 1 aliphatic rings. The first-order valence-corrected chi connectivity index (χ1v) is 9.71.